The van der Waals surface area contributed by atoms with Crippen LogP contribution in [0, 0.1) is 5.92 Å². The Hall–Kier alpha value is -1.77. The topological polar surface area (TPSA) is 132 Å². The number of ether oxygens (including phenoxy) is 3. The molecule has 1 rings (SSSR count). The second-order valence-electron chi connectivity index (χ2n) is 14.5. The van der Waals surface area contributed by atoms with Crippen LogP contribution in [-0.2, 0) is 32.9 Å². The van der Waals surface area contributed by atoms with Gasteiger partial charge in [0.15, 0.2) is 6.10 Å². The van der Waals surface area contributed by atoms with Crippen LogP contribution < -0.4 is 0 Å². The number of hydrogen-bond acceptors (Lipinski definition) is 7. The molecule has 0 aliphatic carbocycles. The highest BCUT2D eigenvalue weighted by molar-refractivity contribution is 7.46. The first-order chi connectivity index (χ1) is 24.6. The second kappa shape index (κ2) is 31.7. The summed E-state index contributed by atoms with van der Waals surface area (Å²) in [4.78, 5) is 42.9. The highest BCUT2D eigenvalue weighted by atomic mass is 31.2. The van der Waals surface area contributed by atoms with E-state index in [4.69, 9.17) is 24.0 Å². The van der Waals surface area contributed by atoms with Gasteiger partial charge in [0.05, 0.1) is 18.8 Å². The first kappa shape index (κ1) is 47.3. The molecule has 9 nitrogen and oxygen atoms in total. The summed E-state index contributed by atoms with van der Waals surface area (Å²) in [5, 5.41) is 0. The van der Waals surface area contributed by atoms with E-state index in [-0.39, 0.29) is 31.7 Å². The van der Waals surface area contributed by atoms with Gasteiger partial charge in [-0.25, -0.2) is 4.57 Å². The molecular weight excluding hydrogens is 667 g/mol. The Bertz CT molecular complexity index is 1000. The van der Waals surface area contributed by atoms with Gasteiger partial charge in [-0.05, 0) is 57.3 Å². The molecule has 0 aromatic heterocycles. The van der Waals surface area contributed by atoms with Crippen molar-refractivity contribution in [2.75, 3.05) is 13.2 Å². The third kappa shape index (κ3) is 32.6. The van der Waals surface area contributed by atoms with Gasteiger partial charge in [0.25, 0.3) is 0 Å². The van der Waals surface area contributed by atoms with E-state index in [1.54, 1.807) is 0 Å². The summed E-state index contributed by atoms with van der Waals surface area (Å²) in [6.45, 7) is 5.92. The minimum absolute atomic E-state index is 0.115. The zero-order chi connectivity index (χ0) is 37.4. The quantitative estimate of drug-likeness (QED) is 0.0214. The molecule has 1 aliphatic rings. The summed E-state index contributed by atoms with van der Waals surface area (Å²) in [5.41, 5.74) is 0. The van der Waals surface area contributed by atoms with E-state index in [2.05, 4.69) is 61.8 Å². The summed E-state index contributed by atoms with van der Waals surface area (Å²) < 4.78 is 32.1. The van der Waals surface area contributed by atoms with Crippen molar-refractivity contribution in [1.82, 2.24) is 0 Å². The lowest BCUT2D eigenvalue weighted by atomic mass is 10.0. The lowest BCUT2D eigenvalue weighted by Gasteiger charge is -2.18. The number of phosphoric ester groups is 1. The second-order valence-corrected chi connectivity index (χ2v) is 15.7. The number of phosphoric acid groups is 1. The minimum atomic E-state index is -4.78. The largest absolute Gasteiger partial charge is 0.469 e. The first-order valence-corrected chi connectivity index (χ1v) is 21.8. The van der Waals surface area contributed by atoms with Crippen molar-refractivity contribution in [3.8, 4) is 0 Å². The molecule has 0 saturated carbocycles. The smallest absolute Gasteiger partial charge is 0.462 e. The fourth-order valence-corrected chi connectivity index (χ4v) is 6.24. The van der Waals surface area contributed by atoms with Gasteiger partial charge in [-0.15, -0.1) is 0 Å². The molecule has 51 heavy (non-hydrogen) atoms. The van der Waals surface area contributed by atoms with Crippen molar-refractivity contribution < 1.29 is 42.7 Å². The molecule has 1 aliphatic heterocycles. The summed E-state index contributed by atoms with van der Waals surface area (Å²) in [6, 6.07) is 0. The molecule has 0 spiro atoms. The Kier molecular flexibility index (Phi) is 29.4. The summed E-state index contributed by atoms with van der Waals surface area (Å²) in [7, 11) is -4.78. The van der Waals surface area contributed by atoms with E-state index in [1.807, 2.05) is 0 Å². The average molecular weight is 741 g/mol. The van der Waals surface area contributed by atoms with Crippen LogP contribution in [0.4, 0.5) is 0 Å². The first-order valence-electron chi connectivity index (χ1n) is 20.3. The third-order valence-electron chi connectivity index (χ3n) is 9.01. The Balaban J connectivity index is 2.13. The fourth-order valence-electron chi connectivity index (χ4n) is 5.88. The average Bonchev–Trinajstić information content (AvgIpc) is 3.83. The van der Waals surface area contributed by atoms with Gasteiger partial charge in [0.1, 0.15) is 6.61 Å². The molecule has 0 amide bonds. The Morgan fingerprint density at radius 3 is 1.86 bits per heavy atom. The molecule has 2 N–H and O–H groups in total. The van der Waals surface area contributed by atoms with E-state index in [0.29, 0.717) is 12.8 Å². The monoisotopic (exact) mass is 740 g/mol. The predicted octanol–water partition coefficient (Wildman–Crippen LogP) is 11.0. The molecule has 1 fully saturated rings. The van der Waals surface area contributed by atoms with Crippen LogP contribution in [0.2, 0.25) is 0 Å². The molecule has 3 atom stereocenters. The molecule has 10 heteroatoms. The van der Waals surface area contributed by atoms with Crippen molar-refractivity contribution in [2.45, 2.75) is 193 Å². The molecule has 1 saturated heterocycles. The molecule has 0 radical (unpaired) electrons. The lowest BCUT2D eigenvalue weighted by Crippen LogP contribution is -2.29. The standard InChI is InChI=1S/C41H73O9P/c1-4-5-6-7-8-9-10-14-17-20-23-26-30-38-39(50-38)31-28-33-41(43)49-37(35-48-51(44,45)46)34-47-40(42)32-27-24-21-18-15-12-11-13-16-19-22-25-29-36(2)3/h8-9,14,17,23,26,36-39H,4-7,10-13,15-16,18-22,24-25,27-35H2,1-3H3,(H2,44,45,46)/b9-8-,17-14-,26-23-/t37-,38?,39?/m1/s1. The van der Waals surface area contributed by atoms with Gasteiger partial charge in [0, 0.05) is 12.8 Å². The van der Waals surface area contributed by atoms with Crippen molar-refractivity contribution in [2.24, 2.45) is 5.92 Å². The van der Waals surface area contributed by atoms with Crippen LogP contribution in [0.3, 0.4) is 0 Å². The molecule has 0 aromatic carbocycles. The molecule has 2 unspecified atom stereocenters. The van der Waals surface area contributed by atoms with Gasteiger partial charge in [-0.2, -0.15) is 0 Å². The highest BCUT2D eigenvalue weighted by Crippen LogP contribution is 2.36. The Morgan fingerprint density at radius 1 is 0.686 bits per heavy atom. The predicted molar refractivity (Wildman–Crippen MR) is 206 cm³/mol. The molecular formula is C41H73O9P. The number of rotatable bonds is 35. The number of carbonyl (C=O) groups is 2. The summed E-state index contributed by atoms with van der Waals surface area (Å²) in [5.74, 6) is -0.145. The van der Waals surface area contributed by atoms with E-state index in [1.165, 1.54) is 83.5 Å². The minimum Gasteiger partial charge on any atom is -0.462 e. The van der Waals surface area contributed by atoms with Gasteiger partial charge >= 0.3 is 19.8 Å². The number of epoxide rings is 1. The number of hydrogen-bond donors (Lipinski definition) is 2. The van der Waals surface area contributed by atoms with E-state index < -0.39 is 32.5 Å². The number of carbonyl (C=O) groups excluding carboxylic acids is 2. The third-order valence-corrected chi connectivity index (χ3v) is 9.50. The molecule has 0 bridgehead atoms. The van der Waals surface area contributed by atoms with Crippen LogP contribution in [0.1, 0.15) is 175 Å². The van der Waals surface area contributed by atoms with Gasteiger partial charge in [0.2, 0.25) is 0 Å². The van der Waals surface area contributed by atoms with Crippen molar-refractivity contribution >= 4 is 19.8 Å². The SMILES string of the molecule is CCCCC/C=C\C/C=C\C/C=C\CC1OC1CCCC(=O)O[C@H](COC(=O)CCCCCCCCCCCCCCC(C)C)COP(=O)(O)O. The normalized spacial score (nSPS) is 16.9. The molecule has 296 valence electrons. The van der Waals surface area contributed by atoms with Crippen molar-refractivity contribution in [3.05, 3.63) is 36.5 Å². The zero-order valence-electron chi connectivity index (χ0n) is 32.4. The fraction of sp³-hybridized carbons (Fsp3) is 0.805. The zero-order valence-corrected chi connectivity index (χ0v) is 33.3. The van der Waals surface area contributed by atoms with Crippen LogP contribution >= 0.6 is 7.82 Å². The maximum Gasteiger partial charge on any atom is 0.469 e. The number of allylic oxidation sites excluding steroid dienone is 5. The number of esters is 2. The lowest BCUT2D eigenvalue weighted by molar-refractivity contribution is -0.161. The van der Waals surface area contributed by atoms with Gasteiger partial charge < -0.3 is 24.0 Å². The van der Waals surface area contributed by atoms with E-state index in [9.17, 15) is 14.2 Å². The Labute approximate surface area is 310 Å². The molecule has 0 aromatic rings. The number of unbranched alkanes of at least 4 members (excludes halogenated alkanes) is 14. The maximum atomic E-state index is 12.5. The van der Waals surface area contributed by atoms with Crippen LogP contribution in [0.25, 0.3) is 0 Å². The molecule has 1 heterocycles. The maximum absolute atomic E-state index is 12.5. The van der Waals surface area contributed by atoms with Crippen molar-refractivity contribution in [3.63, 3.8) is 0 Å². The van der Waals surface area contributed by atoms with Crippen LogP contribution in [-0.4, -0.2) is 53.3 Å². The van der Waals surface area contributed by atoms with Crippen molar-refractivity contribution in [1.29, 1.82) is 0 Å². The Morgan fingerprint density at radius 2 is 1.25 bits per heavy atom. The van der Waals surface area contributed by atoms with E-state index in [0.717, 1.165) is 50.9 Å². The summed E-state index contributed by atoms with van der Waals surface area (Å²) >= 11 is 0. The van der Waals surface area contributed by atoms with Gasteiger partial charge in [-0.1, -0.05) is 147 Å². The summed E-state index contributed by atoms with van der Waals surface area (Å²) in [6.07, 6.45) is 37.4. The highest BCUT2D eigenvalue weighted by Gasteiger charge is 2.36. The van der Waals surface area contributed by atoms with Gasteiger partial charge in [-0.3, -0.25) is 14.1 Å². The van der Waals surface area contributed by atoms with E-state index >= 15 is 0 Å². The van der Waals surface area contributed by atoms with Crippen LogP contribution in [0.5, 0.6) is 0 Å². The van der Waals surface area contributed by atoms with Crippen LogP contribution in [0.15, 0.2) is 36.5 Å².